The number of rotatable bonds is 2. The molecule has 2 N–H and O–H groups in total. The quantitative estimate of drug-likeness (QED) is 0.593. The molecule has 0 aliphatic heterocycles. The third-order valence-electron chi connectivity index (χ3n) is 1.42. The molecule has 0 fully saturated rings. The van der Waals surface area contributed by atoms with E-state index < -0.39 is 15.1 Å². The summed E-state index contributed by atoms with van der Waals surface area (Å²) in [5.41, 5.74) is 5.34. The minimum Gasteiger partial charge on any atom is -0.327 e. The van der Waals surface area contributed by atoms with Crippen LogP contribution in [0.5, 0.6) is 0 Å². The van der Waals surface area contributed by atoms with E-state index in [0.29, 0.717) is 0 Å². The number of hydrogen-bond donors (Lipinski definition) is 1. The van der Waals surface area contributed by atoms with E-state index in [1.165, 1.54) is 6.26 Å². The van der Waals surface area contributed by atoms with Crippen molar-refractivity contribution in [3.05, 3.63) is 0 Å². The molecule has 9 heavy (non-hydrogen) atoms. The summed E-state index contributed by atoms with van der Waals surface area (Å²) in [5, 5.41) is -0.433. The maximum Gasteiger partial charge on any atom is 0.151 e. The van der Waals surface area contributed by atoms with E-state index in [4.69, 9.17) is 5.73 Å². The maximum atomic E-state index is 10.7. The first-order chi connectivity index (χ1) is 3.85. The second-order valence-electron chi connectivity index (χ2n) is 2.39. The molecule has 0 unspecified atom stereocenters. The number of sulfone groups is 1. The van der Waals surface area contributed by atoms with Gasteiger partial charge in [0, 0.05) is 12.3 Å². The Kier molecular flexibility index (Phi) is 2.64. The first kappa shape index (κ1) is 8.91. The molecule has 0 amide bonds. The molecule has 56 valence electrons. The SMILES string of the molecule is C[C@H]([C@@H](C)N)S(C)(=O)=O. The molecular formula is C5H13NO2S. The fraction of sp³-hybridized carbons (Fsp3) is 1.00. The highest BCUT2D eigenvalue weighted by atomic mass is 32.2. The largest absolute Gasteiger partial charge is 0.327 e. The third-order valence-corrected chi connectivity index (χ3v) is 3.20. The molecule has 0 aromatic rings. The van der Waals surface area contributed by atoms with Crippen molar-refractivity contribution in [3.63, 3.8) is 0 Å². The smallest absolute Gasteiger partial charge is 0.151 e. The average Bonchev–Trinajstić information content (AvgIpc) is 1.62. The van der Waals surface area contributed by atoms with Crippen LogP contribution in [0.3, 0.4) is 0 Å². The van der Waals surface area contributed by atoms with Crippen molar-refractivity contribution < 1.29 is 8.42 Å². The normalized spacial score (nSPS) is 19.1. The molecule has 0 saturated carbocycles. The zero-order chi connectivity index (χ0) is 7.65. The van der Waals surface area contributed by atoms with Gasteiger partial charge in [0.15, 0.2) is 9.84 Å². The van der Waals surface area contributed by atoms with Gasteiger partial charge in [-0.25, -0.2) is 8.42 Å². The summed E-state index contributed by atoms with van der Waals surface area (Å²) in [6.45, 7) is 3.30. The van der Waals surface area contributed by atoms with Gasteiger partial charge in [-0.2, -0.15) is 0 Å². The summed E-state index contributed by atoms with van der Waals surface area (Å²) < 4.78 is 21.4. The highest BCUT2D eigenvalue weighted by molar-refractivity contribution is 7.91. The van der Waals surface area contributed by atoms with Crippen molar-refractivity contribution in [1.29, 1.82) is 0 Å². The first-order valence-electron chi connectivity index (χ1n) is 2.80. The van der Waals surface area contributed by atoms with Gasteiger partial charge < -0.3 is 5.73 Å². The minimum atomic E-state index is -2.93. The van der Waals surface area contributed by atoms with Crippen LogP contribution in [0, 0.1) is 0 Å². The highest BCUT2D eigenvalue weighted by Crippen LogP contribution is 2.00. The third kappa shape index (κ3) is 2.81. The maximum absolute atomic E-state index is 10.7. The van der Waals surface area contributed by atoms with Crippen molar-refractivity contribution in [2.24, 2.45) is 5.73 Å². The van der Waals surface area contributed by atoms with Gasteiger partial charge in [0.2, 0.25) is 0 Å². The van der Waals surface area contributed by atoms with Gasteiger partial charge in [-0.15, -0.1) is 0 Å². The van der Waals surface area contributed by atoms with Gasteiger partial charge >= 0.3 is 0 Å². The van der Waals surface area contributed by atoms with E-state index in [1.807, 2.05) is 0 Å². The van der Waals surface area contributed by atoms with E-state index in [9.17, 15) is 8.42 Å². The van der Waals surface area contributed by atoms with Gasteiger partial charge in [0.1, 0.15) is 0 Å². The van der Waals surface area contributed by atoms with Crippen molar-refractivity contribution >= 4 is 9.84 Å². The molecule has 4 heteroatoms. The van der Waals surface area contributed by atoms with Crippen LogP contribution in [-0.4, -0.2) is 26.0 Å². The average molecular weight is 151 g/mol. The van der Waals surface area contributed by atoms with Crippen LogP contribution in [0.2, 0.25) is 0 Å². The molecule has 0 rings (SSSR count). The minimum absolute atomic E-state index is 0.278. The van der Waals surface area contributed by atoms with Gasteiger partial charge in [-0.05, 0) is 13.8 Å². The van der Waals surface area contributed by atoms with Gasteiger partial charge in [0.25, 0.3) is 0 Å². The topological polar surface area (TPSA) is 60.2 Å². The Balaban J connectivity index is 4.24. The lowest BCUT2D eigenvalue weighted by molar-refractivity contribution is 0.574. The van der Waals surface area contributed by atoms with E-state index in [0.717, 1.165) is 0 Å². The lowest BCUT2D eigenvalue weighted by Crippen LogP contribution is -2.34. The van der Waals surface area contributed by atoms with Crippen LogP contribution in [0.1, 0.15) is 13.8 Å². The Bertz CT molecular complexity index is 171. The Morgan fingerprint density at radius 2 is 1.67 bits per heavy atom. The van der Waals surface area contributed by atoms with E-state index >= 15 is 0 Å². The molecule has 0 heterocycles. The Morgan fingerprint density at radius 1 is 1.33 bits per heavy atom. The number of hydrogen-bond acceptors (Lipinski definition) is 3. The molecular weight excluding hydrogens is 138 g/mol. The fourth-order valence-electron chi connectivity index (χ4n) is 0.390. The molecule has 0 saturated heterocycles. The van der Waals surface area contributed by atoms with E-state index in [1.54, 1.807) is 13.8 Å². The van der Waals surface area contributed by atoms with E-state index in [2.05, 4.69) is 0 Å². The molecule has 0 aromatic heterocycles. The molecule has 3 nitrogen and oxygen atoms in total. The van der Waals surface area contributed by atoms with Crippen LogP contribution in [-0.2, 0) is 9.84 Å². The molecule has 0 aromatic carbocycles. The lowest BCUT2D eigenvalue weighted by Gasteiger charge is -2.11. The van der Waals surface area contributed by atoms with Crippen LogP contribution in [0.4, 0.5) is 0 Å². The van der Waals surface area contributed by atoms with Crippen molar-refractivity contribution in [3.8, 4) is 0 Å². The molecule has 0 aliphatic carbocycles. The standard InChI is InChI=1S/C5H13NO2S/c1-4(6)5(2)9(3,7)8/h4-5H,6H2,1-3H3/t4-,5-/m1/s1. The Hall–Kier alpha value is -0.0900. The van der Waals surface area contributed by atoms with Gasteiger partial charge in [-0.1, -0.05) is 0 Å². The molecule has 0 aliphatic rings. The fourth-order valence-corrected chi connectivity index (χ4v) is 1.17. The zero-order valence-corrected chi connectivity index (χ0v) is 6.77. The Morgan fingerprint density at radius 3 is 1.67 bits per heavy atom. The van der Waals surface area contributed by atoms with Crippen molar-refractivity contribution in [1.82, 2.24) is 0 Å². The predicted molar refractivity (Wildman–Crippen MR) is 38.0 cm³/mol. The predicted octanol–water partition coefficient (Wildman–Crippen LogP) is -0.233. The van der Waals surface area contributed by atoms with Gasteiger partial charge in [0.05, 0.1) is 5.25 Å². The number of nitrogens with two attached hydrogens (primary N) is 1. The summed E-state index contributed by atoms with van der Waals surface area (Å²) in [6.07, 6.45) is 1.20. The summed E-state index contributed by atoms with van der Waals surface area (Å²) in [5.74, 6) is 0. The zero-order valence-electron chi connectivity index (χ0n) is 5.96. The second-order valence-corrected chi connectivity index (χ2v) is 4.80. The first-order valence-corrected chi connectivity index (χ1v) is 4.75. The summed E-state index contributed by atoms with van der Waals surface area (Å²) in [4.78, 5) is 0. The summed E-state index contributed by atoms with van der Waals surface area (Å²) in [7, 11) is -2.93. The van der Waals surface area contributed by atoms with Crippen molar-refractivity contribution in [2.45, 2.75) is 25.1 Å². The molecule has 0 spiro atoms. The van der Waals surface area contributed by atoms with Crippen LogP contribution < -0.4 is 5.73 Å². The van der Waals surface area contributed by atoms with Crippen LogP contribution in [0.25, 0.3) is 0 Å². The molecule has 0 bridgehead atoms. The highest BCUT2D eigenvalue weighted by Gasteiger charge is 2.18. The second kappa shape index (κ2) is 2.66. The summed E-state index contributed by atoms with van der Waals surface area (Å²) in [6, 6.07) is -0.278. The monoisotopic (exact) mass is 151 g/mol. The summed E-state index contributed by atoms with van der Waals surface area (Å²) >= 11 is 0. The van der Waals surface area contributed by atoms with E-state index in [-0.39, 0.29) is 6.04 Å². The lowest BCUT2D eigenvalue weighted by atomic mass is 10.3. The van der Waals surface area contributed by atoms with Crippen molar-refractivity contribution in [2.75, 3.05) is 6.26 Å². The Labute approximate surface area is 56.2 Å². The van der Waals surface area contributed by atoms with Crippen LogP contribution >= 0.6 is 0 Å². The molecule has 0 radical (unpaired) electrons. The van der Waals surface area contributed by atoms with Crippen LogP contribution in [0.15, 0.2) is 0 Å². The molecule has 2 atom stereocenters. The van der Waals surface area contributed by atoms with Gasteiger partial charge in [-0.3, -0.25) is 0 Å².